The van der Waals surface area contributed by atoms with Crippen molar-refractivity contribution in [3.05, 3.63) is 69.5 Å². The fourth-order valence-electron chi connectivity index (χ4n) is 3.34. The van der Waals surface area contributed by atoms with Gasteiger partial charge in [-0.05, 0) is 49.2 Å². The van der Waals surface area contributed by atoms with Gasteiger partial charge in [-0.1, -0.05) is 39.3 Å². The number of fused-ring (bicyclic) bond motifs is 1. The molecule has 0 radical (unpaired) electrons. The monoisotopic (exact) mass is 446 g/mol. The van der Waals surface area contributed by atoms with Crippen molar-refractivity contribution in [1.29, 1.82) is 0 Å². The third kappa shape index (κ3) is 3.22. The molecule has 0 amide bonds. The van der Waals surface area contributed by atoms with Crippen molar-refractivity contribution in [2.24, 2.45) is 0 Å². The molecule has 3 aromatic rings. The number of hydrogen-bond donors (Lipinski definition) is 0. The van der Waals surface area contributed by atoms with Crippen LogP contribution in [0.25, 0.3) is 5.69 Å². The molecule has 0 atom stereocenters. The maximum Gasteiger partial charge on any atom is 0.243 e. The van der Waals surface area contributed by atoms with E-state index in [9.17, 15) is 8.42 Å². The molecule has 0 N–H and O–H groups in total. The predicted molar refractivity (Wildman–Crippen MR) is 106 cm³/mol. The molecule has 2 heterocycles. The zero-order valence-electron chi connectivity index (χ0n) is 15.1. The average molecular weight is 447 g/mol. The van der Waals surface area contributed by atoms with Gasteiger partial charge in [-0.25, -0.2) is 13.1 Å². The SMILES string of the molecule is Cc1cc(S(=O)(=O)N2CCc3c(nnn3-c3ccccc3)C2)c(C)cc1Br. The molecule has 1 aliphatic rings. The van der Waals surface area contributed by atoms with E-state index in [2.05, 4.69) is 26.2 Å². The molecule has 140 valence electrons. The number of para-hydroxylation sites is 1. The van der Waals surface area contributed by atoms with E-state index in [1.54, 1.807) is 10.7 Å². The van der Waals surface area contributed by atoms with Crippen LogP contribution in [-0.2, 0) is 23.0 Å². The van der Waals surface area contributed by atoms with Crippen LogP contribution in [0.15, 0.2) is 51.8 Å². The third-order valence-corrected chi connectivity index (χ3v) is 7.68. The van der Waals surface area contributed by atoms with Crippen molar-refractivity contribution in [3.8, 4) is 5.69 Å². The highest BCUT2D eigenvalue weighted by atomic mass is 79.9. The average Bonchev–Trinajstić information content (AvgIpc) is 3.08. The van der Waals surface area contributed by atoms with Crippen molar-refractivity contribution in [2.45, 2.75) is 31.7 Å². The second-order valence-corrected chi connectivity index (χ2v) is 9.45. The van der Waals surface area contributed by atoms with Gasteiger partial charge in [-0.3, -0.25) is 0 Å². The molecule has 0 bridgehead atoms. The Hall–Kier alpha value is -2.03. The van der Waals surface area contributed by atoms with Crippen LogP contribution in [-0.4, -0.2) is 34.3 Å². The summed E-state index contributed by atoms with van der Waals surface area (Å²) in [6, 6.07) is 13.3. The van der Waals surface area contributed by atoms with E-state index in [0.29, 0.717) is 23.6 Å². The van der Waals surface area contributed by atoms with Crippen LogP contribution in [0.4, 0.5) is 0 Å². The van der Waals surface area contributed by atoms with Crippen molar-refractivity contribution < 1.29 is 8.42 Å². The van der Waals surface area contributed by atoms with E-state index in [1.807, 2.05) is 50.2 Å². The Bertz CT molecular complexity index is 1110. The Balaban J connectivity index is 1.67. The molecule has 8 heteroatoms. The lowest BCUT2D eigenvalue weighted by Gasteiger charge is -2.26. The minimum Gasteiger partial charge on any atom is -0.217 e. The van der Waals surface area contributed by atoms with Gasteiger partial charge in [0.15, 0.2) is 0 Å². The molecule has 6 nitrogen and oxygen atoms in total. The summed E-state index contributed by atoms with van der Waals surface area (Å²) in [5.74, 6) is 0. The summed E-state index contributed by atoms with van der Waals surface area (Å²) in [6.45, 7) is 4.35. The first-order valence-corrected chi connectivity index (χ1v) is 10.9. The Kier molecular flexibility index (Phi) is 4.65. The minimum absolute atomic E-state index is 0.235. The second kappa shape index (κ2) is 6.85. The number of nitrogens with zero attached hydrogens (tertiary/aromatic N) is 4. The second-order valence-electron chi connectivity index (χ2n) is 6.69. The number of aryl methyl sites for hydroxylation is 2. The Morgan fingerprint density at radius 1 is 1.07 bits per heavy atom. The standard InChI is InChI=1S/C19H19BrN4O2S/c1-13-11-19(14(2)10-16(13)20)27(25,26)23-9-8-18-17(12-23)21-22-24(18)15-6-4-3-5-7-15/h3-7,10-11H,8-9,12H2,1-2H3. The lowest BCUT2D eigenvalue weighted by atomic mass is 10.1. The fraction of sp³-hybridized carbons (Fsp3) is 0.263. The zero-order chi connectivity index (χ0) is 19.2. The van der Waals surface area contributed by atoms with Crippen LogP contribution in [0.5, 0.6) is 0 Å². The van der Waals surface area contributed by atoms with Crippen LogP contribution >= 0.6 is 15.9 Å². The first-order valence-electron chi connectivity index (χ1n) is 8.63. The molecule has 0 spiro atoms. The number of sulfonamides is 1. The predicted octanol–water partition coefficient (Wildman–Crippen LogP) is 3.39. The van der Waals surface area contributed by atoms with Gasteiger partial charge < -0.3 is 0 Å². The number of rotatable bonds is 3. The maximum atomic E-state index is 13.2. The van der Waals surface area contributed by atoms with Crippen LogP contribution in [0, 0.1) is 13.8 Å². The molecule has 0 aliphatic carbocycles. The van der Waals surface area contributed by atoms with E-state index in [1.165, 1.54) is 4.31 Å². The van der Waals surface area contributed by atoms with Gasteiger partial charge in [-0.2, -0.15) is 4.31 Å². The molecule has 0 saturated heterocycles. The molecule has 1 aliphatic heterocycles. The maximum absolute atomic E-state index is 13.2. The van der Waals surface area contributed by atoms with Crippen LogP contribution in [0.1, 0.15) is 22.5 Å². The van der Waals surface area contributed by atoms with Crippen molar-refractivity contribution in [1.82, 2.24) is 19.3 Å². The summed E-state index contributed by atoms with van der Waals surface area (Å²) in [4.78, 5) is 0.349. The highest BCUT2D eigenvalue weighted by Gasteiger charge is 2.32. The lowest BCUT2D eigenvalue weighted by Crippen LogP contribution is -2.36. The number of benzene rings is 2. The van der Waals surface area contributed by atoms with E-state index in [4.69, 9.17) is 0 Å². The summed E-state index contributed by atoms with van der Waals surface area (Å²) in [7, 11) is -3.59. The quantitative estimate of drug-likeness (QED) is 0.618. The van der Waals surface area contributed by atoms with Gasteiger partial charge in [0, 0.05) is 17.4 Å². The summed E-state index contributed by atoms with van der Waals surface area (Å²) in [5, 5.41) is 8.48. The molecular weight excluding hydrogens is 428 g/mol. The topological polar surface area (TPSA) is 68.1 Å². The molecule has 0 unspecified atom stereocenters. The van der Waals surface area contributed by atoms with Crippen LogP contribution in [0.3, 0.4) is 0 Å². The van der Waals surface area contributed by atoms with Crippen LogP contribution in [0.2, 0.25) is 0 Å². The smallest absolute Gasteiger partial charge is 0.217 e. The Morgan fingerprint density at radius 3 is 2.56 bits per heavy atom. The summed E-state index contributed by atoms with van der Waals surface area (Å²) in [6.07, 6.45) is 0.574. The highest BCUT2D eigenvalue weighted by molar-refractivity contribution is 9.10. The molecule has 0 saturated carbocycles. The molecule has 4 rings (SSSR count). The van der Waals surface area contributed by atoms with E-state index in [0.717, 1.165) is 27.0 Å². The van der Waals surface area contributed by atoms with Gasteiger partial charge in [0.2, 0.25) is 10.0 Å². The zero-order valence-corrected chi connectivity index (χ0v) is 17.5. The normalized spacial score (nSPS) is 14.9. The van der Waals surface area contributed by atoms with Gasteiger partial charge in [-0.15, -0.1) is 5.10 Å². The van der Waals surface area contributed by atoms with Crippen LogP contribution < -0.4 is 0 Å². The summed E-state index contributed by atoms with van der Waals surface area (Å²) < 4.78 is 30.6. The molecular formula is C19H19BrN4O2S. The van der Waals surface area contributed by atoms with Gasteiger partial charge in [0.25, 0.3) is 0 Å². The van der Waals surface area contributed by atoms with Crippen molar-refractivity contribution in [2.75, 3.05) is 6.54 Å². The first kappa shape index (κ1) is 18.3. The van der Waals surface area contributed by atoms with E-state index >= 15 is 0 Å². The van der Waals surface area contributed by atoms with Gasteiger partial charge in [0.05, 0.1) is 22.8 Å². The third-order valence-electron chi connectivity index (χ3n) is 4.84. The Labute approximate surface area is 167 Å². The number of halogens is 1. The van der Waals surface area contributed by atoms with Crippen molar-refractivity contribution >= 4 is 26.0 Å². The number of hydrogen-bond acceptors (Lipinski definition) is 4. The molecule has 27 heavy (non-hydrogen) atoms. The molecule has 2 aromatic carbocycles. The largest absolute Gasteiger partial charge is 0.243 e. The number of aromatic nitrogens is 3. The lowest BCUT2D eigenvalue weighted by molar-refractivity contribution is 0.383. The fourth-order valence-corrected chi connectivity index (χ4v) is 5.49. The van der Waals surface area contributed by atoms with Gasteiger partial charge in [0.1, 0.15) is 5.69 Å². The van der Waals surface area contributed by atoms with Crippen molar-refractivity contribution in [3.63, 3.8) is 0 Å². The Morgan fingerprint density at radius 2 is 1.81 bits per heavy atom. The molecule has 1 aromatic heterocycles. The van der Waals surface area contributed by atoms with Gasteiger partial charge >= 0.3 is 0 Å². The molecule has 0 fully saturated rings. The highest BCUT2D eigenvalue weighted by Crippen LogP contribution is 2.29. The van der Waals surface area contributed by atoms with E-state index in [-0.39, 0.29) is 6.54 Å². The summed E-state index contributed by atoms with van der Waals surface area (Å²) >= 11 is 3.46. The van der Waals surface area contributed by atoms with E-state index < -0.39 is 10.0 Å². The summed E-state index contributed by atoms with van der Waals surface area (Å²) in [5.41, 5.74) is 4.23. The first-order chi connectivity index (χ1) is 12.9. The minimum atomic E-state index is -3.59.